The first kappa shape index (κ1) is 9.05. The second-order valence-corrected chi connectivity index (χ2v) is 4.55. The highest BCUT2D eigenvalue weighted by molar-refractivity contribution is 5.32. The zero-order valence-electron chi connectivity index (χ0n) is 8.52. The normalized spacial score (nSPS) is 28.6. The fraction of sp³-hybridized carbons (Fsp3) is 0.692. The highest BCUT2D eigenvalue weighted by Crippen LogP contribution is 2.33. The van der Waals surface area contributed by atoms with Gasteiger partial charge in [0, 0.05) is 0 Å². The summed E-state index contributed by atoms with van der Waals surface area (Å²) in [5, 5.41) is 0. The number of rotatable bonds is 1. The fourth-order valence-electron chi connectivity index (χ4n) is 2.62. The summed E-state index contributed by atoms with van der Waals surface area (Å²) in [5.41, 5.74) is 3.01. The highest BCUT2D eigenvalue weighted by Gasteiger charge is 2.15. The van der Waals surface area contributed by atoms with E-state index in [2.05, 4.69) is 12.7 Å². The smallest absolute Gasteiger partial charge is 0.0228 e. The standard InChI is InChI=1S/C13H20/c1-11-6-5-9-13(11)10-12-7-3-2-4-8-12/h10,12H,1-9H2/b13-10+. The minimum atomic E-state index is 0.888. The summed E-state index contributed by atoms with van der Waals surface area (Å²) in [5.74, 6) is 0.888. The van der Waals surface area contributed by atoms with Crippen molar-refractivity contribution in [1.82, 2.24) is 0 Å². The number of allylic oxidation sites excluding steroid dienone is 3. The van der Waals surface area contributed by atoms with Crippen LogP contribution in [-0.2, 0) is 0 Å². The molecule has 72 valence electrons. The van der Waals surface area contributed by atoms with E-state index in [4.69, 9.17) is 0 Å². The summed E-state index contributed by atoms with van der Waals surface area (Å²) in [6, 6.07) is 0. The Morgan fingerprint density at radius 3 is 2.38 bits per heavy atom. The molecule has 0 aliphatic heterocycles. The molecule has 0 unspecified atom stereocenters. The third-order valence-electron chi connectivity index (χ3n) is 3.47. The van der Waals surface area contributed by atoms with Crippen LogP contribution in [0.15, 0.2) is 23.8 Å². The van der Waals surface area contributed by atoms with Crippen molar-refractivity contribution < 1.29 is 0 Å². The molecule has 2 aliphatic rings. The lowest BCUT2D eigenvalue weighted by Crippen LogP contribution is -2.03. The van der Waals surface area contributed by atoms with Crippen molar-refractivity contribution >= 4 is 0 Å². The van der Waals surface area contributed by atoms with Crippen molar-refractivity contribution in [2.45, 2.75) is 51.4 Å². The summed E-state index contributed by atoms with van der Waals surface area (Å²) >= 11 is 0. The number of hydrogen-bond donors (Lipinski definition) is 0. The van der Waals surface area contributed by atoms with Gasteiger partial charge >= 0.3 is 0 Å². The summed E-state index contributed by atoms with van der Waals surface area (Å²) in [6.45, 7) is 4.13. The van der Waals surface area contributed by atoms with E-state index >= 15 is 0 Å². The Balaban J connectivity index is 1.96. The van der Waals surface area contributed by atoms with Crippen molar-refractivity contribution in [3.63, 3.8) is 0 Å². The van der Waals surface area contributed by atoms with Gasteiger partial charge in [-0.15, -0.1) is 0 Å². The van der Waals surface area contributed by atoms with Crippen LogP contribution in [0.25, 0.3) is 0 Å². The van der Waals surface area contributed by atoms with Gasteiger partial charge in [0.05, 0.1) is 0 Å². The molecule has 0 atom stereocenters. The molecular weight excluding hydrogens is 156 g/mol. The second-order valence-electron chi connectivity index (χ2n) is 4.55. The fourth-order valence-corrected chi connectivity index (χ4v) is 2.62. The van der Waals surface area contributed by atoms with Gasteiger partial charge < -0.3 is 0 Å². The van der Waals surface area contributed by atoms with Crippen molar-refractivity contribution in [3.8, 4) is 0 Å². The molecule has 0 heteroatoms. The Hall–Kier alpha value is -0.520. The van der Waals surface area contributed by atoms with Crippen LogP contribution in [0.3, 0.4) is 0 Å². The third-order valence-corrected chi connectivity index (χ3v) is 3.47. The van der Waals surface area contributed by atoms with Gasteiger partial charge in [0.25, 0.3) is 0 Å². The highest BCUT2D eigenvalue weighted by atomic mass is 14.2. The van der Waals surface area contributed by atoms with Crippen LogP contribution in [-0.4, -0.2) is 0 Å². The molecule has 13 heavy (non-hydrogen) atoms. The monoisotopic (exact) mass is 176 g/mol. The van der Waals surface area contributed by atoms with Gasteiger partial charge in [-0.25, -0.2) is 0 Å². The van der Waals surface area contributed by atoms with Gasteiger partial charge in [0.1, 0.15) is 0 Å². The Kier molecular flexibility index (Phi) is 2.87. The summed E-state index contributed by atoms with van der Waals surface area (Å²) in [4.78, 5) is 0. The molecule has 0 heterocycles. The molecule has 2 aliphatic carbocycles. The molecule has 0 N–H and O–H groups in total. The number of hydrogen-bond acceptors (Lipinski definition) is 0. The van der Waals surface area contributed by atoms with Crippen LogP contribution < -0.4 is 0 Å². The predicted molar refractivity (Wildman–Crippen MR) is 57.6 cm³/mol. The molecule has 0 saturated heterocycles. The van der Waals surface area contributed by atoms with Crippen LogP contribution in [0.4, 0.5) is 0 Å². The topological polar surface area (TPSA) is 0 Å². The SMILES string of the molecule is C=C1CCC/C1=C\C1CCCCC1. The molecule has 0 aromatic carbocycles. The van der Waals surface area contributed by atoms with Gasteiger partial charge in [-0.2, -0.15) is 0 Å². The zero-order chi connectivity index (χ0) is 9.10. The van der Waals surface area contributed by atoms with E-state index in [9.17, 15) is 0 Å². The van der Waals surface area contributed by atoms with Crippen molar-refractivity contribution in [2.24, 2.45) is 5.92 Å². The maximum atomic E-state index is 4.13. The maximum absolute atomic E-state index is 4.13. The zero-order valence-corrected chi connectivity index (χ0v) is 8.52. The molecule has 0 amide bonds. The second kappa shape index (κ2) is 4.13. The van der Waals surface area contributed by atoms with E-state index in [1.807, 2.05) is 0 Å². The third kappa shape index (κ3) is 2.24. The Bertz CT molecular complexity index is 216. The molecule has 0 bridgehead atoms. The van der Waals surface area contributed by atoms with Gasteiger partial charge in [-0.1, -0.05) is 37.5 Å². The van der Waals surface area contributed by atoms with Gasteiger partial charge in [-0.3, -0.25) is 0 Å². The quantitative estimate of drug-likeness (QED) is 0.560. The van der Waals surface area contributed by atoms with E-state index in [-0.39, 0.29) is 0 Å². The molecule has 0 spiro atoms. The first-order chi connectivity index (χ1) is 6.36. The Labute approximate surface area is 81.7 Å². The predicted octanol–water partition coefficient (Wildman–Crippen LogP) is 4.23. The summed E-state index contributed by atoms with van der Waals surface area (Å²) < 4.78 is 0. The molecule has 0 radical (unpaired) electrons. The average Bonchev–Trinajstić information content (AvgIpc) is 2.54. The van der Waals surface area contributed by atoms with Crippen LogP contribution in [0.2, 0.25) is 0 Å². The molecule has 2 fully saturated rings. The summed E-state index contributed by atoms with van der Waals surface area (Å²) in [6.07, 6.45) is 13.6. The van der Waals surface area contributed by atoms with Gasteiger partial charge in [0.15, 0.2) is 0 Å². The van der Waals surface area contributed by atoms with Gasteiger partial charge in [-0.05, 0) is 43.6 Å². The Morgan fingerprint density at radius 2 is 1.77 bits per heavy atom. The molecule has 0 nitrogen and oxygen atoms in total. The molecule has 0 aromatic heterocycles. The lowest BCUT2D eigenvalue weighted by Gasteiger charge is -2.19. The first-order valence-corrected chi connectivity index (χ1v) is 5.75. The van der Waals surface area contributed by atoms with Crippen molar-refractivity contribution in [3.05, 3.63) is 23.8 Å². The molecule has 2 rings (SSSR count). The van der Waals surface area contributed by atoms with E-state index in [0.717, 1.165) is 5.92 Å². The average molecular weight is 176 g/mol. The van der Waals surface area contributed by atoms with Gasteiger partial charge in [0.2, 0.25) is 0 Å². The van der Waals surface area contributed by atoms with Crippen molar-refractivity contribution in [2.75, 3.05) is 0 Å². The van der Waals surface area contributed by atoms with E-state index < -0.39 is 0 Å². The lowest BCUT2D eigenvalue weighted by molar-refractivity contribution is 0.418. The Morgan fingerprint density at radius 1 is 1.00 bits per heavy atom. The molecular formula is C13H20. The van der Waals surface area contributed by atoms with Crippen LogP contribution in [0.1, 0.15) is 51.4 Å². The van der Waals surface area contributed by atoms with E-state index in [1.165, 1.54) is 56.9 Å². The minimum absolute atomic E-state index is 0.888. The maximum Gasteiger partial charge on any atom is -0.0228 e. The molecule has 2 saturated carbocycles. The minimum Gasteiger partial charge on any atom is -0.0956 e. The van der Waals surface area contributed by atoms with E-state index in [0.29, 0.717) is 0 Å². The lowest BCUT2D eigenvalue weighted by atomic mass is 9.87. The van der Waals surface area contributed by atoms with Crippen LogP contribution in [0.5, 0.6) is 0 Å². The van der Waals surface area contributed by atoms with Crippen LogP contribution >= 0.6 is 0 Å². The van der Waals surface area contributed by atoms with Crippen molar-refractivity contribution in [1.29, 1.82) is 0 Å². The van der Waals surface area contributed by atoms with Crippen LogP contribution in [0, 0.1) is 5.92 Å². The summed E-state index contributed by atoms with van der Waals surface area (Å²) in [7, 11) is 0. The van der Waals surface area contributed by atoms with E-state index in [1.54, 1.807) is 5.57 Å². The first-order valence-electron chi connectivity index (χ1n) is 5.75. The molecule has 0 aromatic rings. The largest absolute Gasteiger partial charge is 0.0956 e.